The molecule has 7 heteroatoms. The summed E-state index contributed by atoms with van der Waals surface area (Å²) in [5.74, 6) is 0.283. The Balaban J connectivity index is 0.000000521. The number of fused-ring (bicyclic) bond motifs is 1. The highest BCUT2D eigenvalue weighted by Gasteiger charge is 2.42. The van der Waals surface area contributed by atoms with E-state index in [2.05, 4.69) is 68.5 Å². The molecule has 7 nitrogen and oxygen atoms in total. The van der Waals surface area contributed by atoms with E-state index in [1.165, 1.54) is 22.9 Å². The van der Waals surface area contributed by atoms with Gasteiger partial charge in [0.05, 0.1) is 13.2 Å². The van der Waals surface area contributed by atoms with Crippen molar-refractivity contribution < 1.29 is 9.90 Å². The summed E-state index contributed by atoms with van der Waals surface area (Å²) in [6.07, 6.45) is 10.1. The zero-order valence-corrected chi connectivity index (χ0v) is 19.4. The fraction of sp³-hybridized carbons (Fsp3) is 0.321. The zero-order valence-electron chi connectivity index (χ0n) is 19.4. The van der Waals surface area contributed by atoms with Crippen molar-refractivity contribution in [1.29, 1.82) is 0 Å². The van der Waals surface area contributed by atoms with Gasteiger partial charge in [-0.15, -0.1) is 0 Å². The smallest absolute Gasteiger partial charge is 0.219 e. The first-order chi connectivity index (χ1) is 16.6. The minimum absolute atomic E-state index is 0. The number of nitrogens with zero attached hydrogens (tertiary/aromatic N) is 3. The number of aliphatic hydroxyl groups is 1. The second kappa shape index (κ2) is 11.7. The van der Waals surface area contributed by atoms with Crippen LogP contribution >= 0.6 is 0 Å². The van der Waals surface area contributed by atoms with Crippen LogP contribution in [0.5, 0.6) is 0 Å². The molecule has 1 aliphatic carbocycles. The van der Waals surface area contributed by atoms with E-state index in [1.54, 1.807) is 19.4 Å². The number of nitrogens with one attached hydrogen (secondary N) is 1. The van der Waals surface area contributed by atoms with Gasteiger partial charge in [0.25, 0.3) is 0 Å². The molecular formula is C28H35N5O2. The van der Waals surface area contributed by atoms with Gasteiger partial charge in [0.1, 0.15) is 6.29 Å². The predicted molar refractivity (Wildman–Crippen MR) is 142 cm³/mol. The Hall–Kier alpha value is -3.55. The van der Waals surface area contributed by atoms with Gasteiger partial charge in [0, 0.05) is 47.0 Å². The largest absolute Gasteiger partial charge is 0.395 e. The number of hydrogen-bond donors (Lipinski definition) is 3. The van der Waals surface area contributed by atoms with Crippen molar-refractivity contribution in [2.45, 2.75) is 38.6 Å². The van der Waals surface area contributed by atoms with E-state index in [9.17, 15) is 4.79 Å². The third-order valence-electron chi connectivity index (χ3n) is 6.59. The van der Waals surface area contributed by atoms with Gasteiger partial charge in [-0.1, -0.05) is 56.3 Å². The Morgan fingerprint density at radius 2 is 1.77 bits per heavy atom. The third kappa shape index (κ3) is 5.26. The van der Waals surface area contributed by atoms with E-state index in [4.69, 9.17) is 10.8 Å². The number of aliphatic hydroxyl groups excluding tert-OH is 1. The van der Waals surface area contributed by atoms with Crippen molar-refractivity contribution in [2.24, 2.45) is 0 Å². The molecule has 2 aromatic carbocycles. The van der Waals surface area contributed by atoms with E-state index in [-0.39, 0.29) is 25.4 Å². The fourth-order valence-corrected chi connectivity index (χ4v) is 4.68. The molecule has 0 spiro atoms. The first kappa shape index (κ1) is 26.1. The Kier molecular flexibility index (Phi) is 8.73. The first-order valence-corrected chi connectivity index (χ1v) is 11.6. The van der Waals surface area contributed by atoms with E-state index < -0.39 is 0 Å². The van der Waals surface area contributed by atoms with E-state index in [1.807, 2.05) is 6.07 Å². The highest BCUT2D eigenvalue weighted by Crippen LogP contribution is 2.51. The number of para-hydroxylation sites is 1. The number of nitrogen functional groups attached to an aromatic ring is 1. The number of likely N-dealkylation sites (N-methyl/N-ethyl adjacent to an activating group) is 1. The second-order valence-corrected chi connectivity index (χ2v) is 8.55. The fourth-order valence-electron chi connectivity index (χ4n) is 4.68. The molecule has 1 fully saturated rings. The lowest BCUT2D eigenvalue weighted by molar-refractivity contribution is -0.108. The molecule has 0 saturated heterocycles. The minimum Gasteiger partial charge on any atom is -0.395 e. The summed E-state index contributed by atoms with van der Waals surface area (Å²) in [5.41, 5.74) is 11.4. The van der Waals surface area contributed by atoms with Crippen molar-refractivity contribution >= 4 is 23.1 Å². The second-order valence-electron chi connectivity index (χ2n) is 8.55. The summed E-state index contributed by atoms with van der Waals surface area (Å²) in [6.45, 7) is 1.31. The van der Waals surface area contributed by atoms with E-state index in [0.29, 0.717) is 13.1 Å². The highest BCUT2D eigenvalue weighted by molar-refractivity contribution is 5.86. The topological polar surface area (TPSA) is 106 Å². The Morgan fingerprint density at radius 3 is 2.31 bits per heavy atom. The number of carbonyl (C=O) groups excluding carboxylic acids is 1. The highest BCUT2D eigenvalue weighted by atomic mass is 16.3. The maximum Gasteiger partial charge on any atom is 0.219 e. The number of benzene rings is 2. The Bertz CT molecular complexity index is 1230. The van der Waals surface area contributed by atoms with Crippen LogP contribution in [0.15, 0.2) is 67.1 Å². The summed E-state index contributed by atoms with van der Waals surface area (Å²) in [5, 5.41) is 12.0. The number of rotatable bonds is 7. The summed E-state index contributed by atoms with van der Waals surface area (Å²) in [6, 6.07) is 17.1. The Labute approximate surface area is 207 Å². The maximum atomic E-state index is 11.2. The molecule has 1 saturated carbocycles. The molecule has 0 radical (unpaired) electrons. The van der Waals surface area contributed by atoms with Crippen LogP contribution in [-0.4, -0.2) is 46.1 Å². The molecule has 0 aliphatic heterocycles. The lowest BCUT2D eigenvalue weighted by atomic mass is 9.60. The number of carbonyl (C=O) groups is 1. The number of hydrogen-bond acceptors (Lipinski definition) is 6. The molecule has 35 heavy (non-hydrogen) atoms. The van der Waals surface area contributed by atoms with Gasteiger partial charge in [-0.25, -0.2) is 9.97 Å². The lowest BCUT2D eigenvalue weighted by Gasteiger charge is -2.43. The molecule has 2 heterocycles. The van der Waals surface area contributed by atoms with Crippen molar-refractivity contribution in [1.82, 2.24) is 19.9 Å². The van der Waals surface area contributed by atoms with Crippen molar-refractivity contribution in [3.63, 3.8) is 0 Å². The first-order valence-electron chi connectivity index (χ1n) is 11.6. The number of nitrogens with two attached hydrogens (primary N) is 1. The standard InChI is InChI=1S/C24H22N4O.C3H9NO.CH4/c25-23-26-14-18(15-27-23)17-6-8-19(9-7-17)24(10-3-11-24)21-16-28(12-13-29)22-5-2-1-4-20(21)22;1-4-2-3-5;/h1-2,4-9,13-16H,3,10-12H2,(H2,25,26,27);4-5H,2-3H2,1H3;1H4. The van der Waals surface area contributed by atoms with Crippen LogP contribution in [0.4, 0.5) is 5.95 Å². The van der Waals surface area contributed by atoms with Gasteiger partial charge in [0.2, 0.25) is 5.95 Å². The van der Waals surface area contributed by atoms with Gasteiger partial charge in [-0.3, -0.25) is 0 Å². The molecule has 1 aliphatic rings. The summed E-state index contributed by atoms with van der Waals surface area (Å²) in [7, 11) is 1.80. The maximum absolute atomic E-state index is 11.2. The SMILES string of the molecule is C.CNCCO.Nc1ncc(-c2ccc(C3(c4cn(CC=O)c5ccccc45)CCC3)cc2)cn1. The van der Waals surface area contributed by atoms with Crippen molar-refractivity contribution in [2.75, 3.05) is 25.9 Å². The number of anilines is 1. The van der Waals surface area contributed by atoms with Crippen LogP contribution in [0.1, 0.15) is 37.8 Å². The van der Waals surface area contributed by atoms with Crippen LogP contribution < -0.4 is 11.1 Å². The lowest BCUT2D eigenvalue weighted by Crippen LogP contribution is -2.35. The summed E-state index contributed by atoms with van der Waals surface area (Å²) in [4.78, 5) is 19.4. The van der Waals surface area contributed by atoms with Gasteiger partial charge < -0.3 is 25.5 Å². The number of aldehydes is 1. The van der Waals surface area contributed by atoms with Crippen LogP contribution in [0, 0.1) is 0 Å². The van der Waals surface area contributed by atoms with Crippen LogP contribution in [0.3, 0.4) is 0 Å². The molecule has 5 rings (SSSR count). The molecular weight excluding hydrogens is 438 g/mol. The summed E-state index contributed by atoms with van der Waals surface area (Å²) < 4.78 is 2.07. The minimum atomic E-state index is 0. The summed E-state index contributed by atoms with van der Waals surface area (Å²) >= 11 is 0. The monoisotopic (exact) mass is 473 g/mol. The molecule has 0 amide bonds. The molecule has 0 unspecified atom stereocenters. The normalized spacial score (nSPS) is 13.8. The van der Waals surface area contributed by atoms with E-state index >= 15 is 0 Å². The molecule has 0 atom stereocenters. The average molecular weight is 474 g/mol. The van der Waals surface area contributed by atoms with Crippen LogP contribution in [-0.2, 0) is 16.8 Å². The van der Waals surface area contributed by atoms with Gasteiger partial charge >= 0.3 is 0 Å². The van der Waals surface area contributed by atoms with Gasteiger partial charge in [0.15, 0.2) is 0 Å². The molecule has 2 aromatic heterocycles. The quantitative estimate of drug-likeness (QED) is 0.348. The molecule has 4 aromatic rings. The van der Waals surface area contributed by atoms with Gasteiger partial charge in [-0.05, 0) is 42.6 Å². The Morgan fingerprint density at radius 1 is 1.09 bits per heavy atom. The third-order valence-corrected chi connectivity index (χ3v) is 6.59. The van der Waals surface area contributed by atoms with Gasteiger partial charge in [-0.2, -0.15) is 0 Å². The predicted octanol–water partition coefficient (Wildman–Crippen LogP) is 4.18. The van der Waals surface area contributed by atoms with Crippen LogP contribution in [0.2, 0.25) is 0 Å². The van der Waals surface area contributed by atoms with Crippen LogP contribution in [0.25, 0.3) is 22.0 Å². The molecule has 184 valence electrons. The van der Waals surface area contributed by atoms with Crippen molar-refractivity contribution in [3.8, 4) is 11.1 Å². The zero-order chi connectivity index (χ0) is 24.0. The number of aromatic nitrogens is 3. The average Bonchev–Trinajstić information content (AvgIpc) is 3.19. The molecule has 4 N–H and O–H groups in total. The van der Waals surface area contributed by atoms with Crippen molar-refractivity contribution in [3.05, 3.63) is 78.2 Å². The molecule has 0 bridgehead atoms. The van der Waals surface area contributed by atoms with E-state index in [0.717, 1.165) is 35.8 Å².